The fraction of sp³-hybridized carbons (Fsp3) is 0.292. The Morgan fingerprint density at radius 3 is 1.97 bits per heavy atom. The average Bonchev–Trinajstić information content (AvgIpc) is 3.05. The first-order valence-corrected chi connectivity index (χ1v) is 10.2. The summed E-state index contributed by atoms with van der Waals surface area (Å²) in [4.78, 5) is 28.6. The fourth-order valence-corrected chi connectivity index (χ4v) is 3.95. The number of hydrogen-bond donors (Lipinski definition) is 0. The molecule has 0 aliphatic carbocycles. The highest BCUT2D eigenvalue weighted by molar-refractivity contribution is 6.03. The van der Waals surface area contributed by atoms with E-state index in [0.717, 1.165) is 36.8 Å². The summed E-state index contributed by atoms with van der Waals surface area (Å²) in [5.41, 5.74) is 2.85. The molecule has 1 fully saturated rings. The number of carbonyl (C=O) groups is 1. The van der Waals surface area contributed by atoms with E-state index in [0.29, 0.717) is 24.3 Å². The summed E-state index contributed by atoms with van der Waals surface area (Å²) in [6.45, 7) is 1.39. The first-order chi connectivity index (χ1) is 14.2. The lowest BCUT2D eigenvalue weighted by molar-refractivity contribution is 0.0759. The number of benzene rings is 2. The van der Waals surface area contributed by atoms with Gasteiger partial charge >= 0.3 is 0 Å². The van der Waals surface area contributed by atoms with Gasteiger partial charge in [0.25, 0.3) is 11.5 Å². The van der Waals surface area contributed by atoms with E-state index in [4.69, 9.17) is 0 Å². The first-order valence-electron chi connectivity index (χ1n) is 10.2. The van der Waals surface area contributed by atoms with Crippen LogP contribution in [0.5, 0.6) is 0 Å². The number of amides is 1. The summed E-state index contributed by atoms with van der Waals surface area (Å²) < 4.78 is 1.29. The molecule has 29 heavy (non-hydrogen) atoms. The van der Waals surface area contributed by atoms with Crippen LogP contribution >= 0.6 is 0 Å². The molecule has 1 amide bonds. The van der Waals surface area contributed by atoms with Crippen molar-refractivity contribution in [2.45, 2.75) is 25.7 Å². The Labute approximate surface area is 170 Å². The fourth-order valence-electron chi connectivity index (χ4n) is 3.95. The van der Waals surface area contributed by atoms with Crippen molar-refractivity contribution >= 4 is 5.91 Å². The summed E-state index contributed by atoms with van der Waals surface area (Å²) in [6, 6.07) is 19.4. The van der Waals surface area contributed by atoms with Gasteiger partial charge in [-0.3, -0.25) is 9.59 Å². The number of carbonyl (C=O) groups excluding carboxylic acids is 1. The molecule has 148 valence electrons. The van der Waals surface area contributed by atoms with Gasteiger partial charge in [0.1, 0.15) is 5.56 Å². The minimum atomic E-state index is -0.349. The Kier molecular flexibility index (Phi) is 5.56. The van der Waals surface area contributed by atoms with Crippen molar-refractivity contribution < 1.29 is 4.79 Å². The quantitative estimate of drug-likeness (QED) is 0.679. The van der Waals surface area contributed by atoms with Crippen LogP contribution in [-0.4, -0.2) is 33.7 Å². The van der Waals surface area contributed by atoms with Crippen molar-refractivity contribution in [1.82, 2.24) is 14.7 Å². The number of nitrogens with zero attached hydrogens (tertiary/aromatic N) is 3. The van der Waals surface area contributed by atoms with Crippen molar-refractivity contribution in [3.05, 3.63) is 76.6 Å². The van der Waals surface area contributed by atoms with E-state index in [1.165, 1.54) is 4.68 Å². The average molecular weight is 387 g/mol. The number of hydrogen-bond acceptors (Lipinski definition) is 3. The molecule has 0 atom stereocenters. The van der Waals surface area contributed by atoms with Crippen molar-refractivity contribution in [1.29, 1.82) is 0 Å². The molecule has 0 radical (unpaired) electrons. The van der Waals surface area contributed by atoms with Crippen LogP contribution in [0.1, 0.15) is 36.0 Å². The third-order valence-electron chi connectivity index (χ3n) is 5.46. The molecule has 3 aromatic rings. The Bertz CT molecular complexity index is 1050. The van der Waals surface area contributed by atoms with E-state index in [2.05, 4.69) is 5.10 Å². The monoisotopic (exact) mass is 387 g/mol. The molecule has 5 heteroatoms. The van der Waals surface area contributed by atoms with Crippen LogP contribution in [0.25, 0.3) is 22.4 Å². The third-order valence-corrected chi connectivity index (χ3v) is 5.46. The molecule has 4 rings (SSSR count). The maximum absolute atomic E-state index is 13.6. The standard InChI is InChI=1S/C24H25N3O2/c1-26-23(28)21(24(29)27-16-10-2-3-11-17-27)20(18-12-6-4-7-13-18)22(25-26)19-14-8-5-9-15-19/h4-9,12-15H,2-3,10-11,16-17H2,1H3. The van der Waals surface area contributed by atoms with Gasteiger partial charge in [0.2, 0.25) is 0 Å². The van der Waals surface area contributed by atoms with Crippen LogP contribution < -0.4 is 5.56 Å². The van der Waals surface area contributed by atoms with E-state index in [-0.39, 0.29) is 17.0 Å². The molecule has 2 heterocycles. The number of likely N-dealkylation sites (tertiary alicyclic amines) is 1. The zero-order valence-corrected chi connectivity index (χ0v) is 16.7. The second-order valence-electron chi connectivity index (χ2n) is 7.47. The molecule has 1 aliphatic rings. The molecule has 1 aliphatic heterocycles. The summed E-state index contributed by atoms with van der Waals surface area (Å²) in [5, 5.41) is 4.56. The first kappa shape index (κ1) is 19.1. The van der Waals surface area contributed by atoms with Gasteiger partial charge in [-0.05, 0) is 18.4 Å². The minimum absolute atomic E-state index is 0.189. The largest absolute Gasteiger partial charge is 0.338 e. The highest BCUT2D eigenvalue weighted by Gasteiger charge is 2.28. The van der Waals surface area contributed by atoms with Crippen LogP contribution in [0.2, 0.25) is 0 Å². The molecule has 5 nitrogen and oxygen atoms in total. The Balaban J connectivity index is 1.97. The Morgan fingerprint density at radius 2 is 1.38 bits per heavy atom. The molecule has 0 unspecified atom stereocenters. The molecule has 0 N–H and O–H groups in total. The lowest BCUT2D eigenvalue weighted by atomic mass is 9.95. The van der Waals surface area contributed by atoms with Gasteiger partial charge in [0.15, 0.2) is 0 Å². The maximum Gasteiger partial charge on any atom is 0.280 e. The number of rotatable bonds is 3. The van der Waals surface area contributed by atoms with Crippen LogP contribution in [0.4, 0.5) is 0 Å². The topological polar surface area (TPSA) is 55.2 Å². The molecule has 0 spiro atoms. The summed E-state index contributed by atoms with van der Waals surface area (Å²) in [7, 11) is 1.61. The van der Waals surface area contributed by atoms with E-state index in [1.807, 2.05) is 65.6 Å². The van der Waals surface area contributed by atoms with Crippen molar-refractivity contribution in [3.8, 4) is 22.4 Å². The molecule has 2 aromatic carbocycles. The molecule has 1 aromatic heterocycles. The van der Waals surface area contributed by atoms with Gasteiger partial charge in [0, 0.05) is 31.3 Å². The van der Waals surface area contributed by atoms with E-state index in [9.17, 15) is 9.59 Å². The normalized spacial score (nSPS) is 14.4. The van der Waals surface area contributed by atoms with Crippen LogP contribution in [0, 0.1) is 0 Å². The molecule has 1 saturated heterocycles. The minimum Gasteiger partial charge on any atom is -0.338 e. The zero-order chi connectivity index (χ0) is 20.2. The van der Waals surface area contributed by atoms with E-state index in [1.54, 1.807) is 7.05 Å². The molecular weight excluding hydrogens is 362 g/mol. The summed E-state index contributed by atoms with van der Waals surface area (Å²) >= 11 is 0. The molecular formula is C24H25N3O2. The van der Waals surface area contributed by atoms with E-state index >= 15 is 0 Å². The second kappa shape index (κ2) is 8.43. The predicted molar refractivity (Wildman–Crippen MR) is 115 cm³/mol. The van der Waals surface area contributed by atoms with Crippen molar-refractivity contribution in [2.24, 2.45) is 7.05 Å². The Morgan fingerprint density at radius 1 is 0.828 bits per heavy atom. The predicted octanol–water partition coefficient (Wildman–Crippen LogP) is 4.13. The van der Waals surface area contributed by atoms with Crippen LogP contribution in [0.3, 0.4) is 0 Å². The van der Waals surface area contributed by atoms with Gasteiger partial charge in [-0.2, -0.15) is 5.10 Å². The van der Waals surface area contributed by atoms with Gasteiger partial charge < -0.3 is 4.90 Å². The van der Waals surface area contributed by atoms with Gasteiger partial charge in [-0.15, -0.1) is 0 Å². The van der Waals surface area contributed by atoms with Crippen molar-refractivity contribution in [3.63, 3.8) is 0 Å². The highest BCUT2D eigenvalue weighted by atomic mass is 16.2. The molecule has 0 bridgehead atoms. The summed E-state index contributed by atoms with van der Waals surface area (Å²) in [5.74, 6) is -0.189. The van der Waals surface area contributed by atoms with E-state index < -0.39 is 0 Å². The van der Waals surface area contributed by atoms with Gasteiger partial charge in [-0.1, -0.05) is 73.5 Å². The van der Waals surface area contributed by atoms with Crippen LogP contribution in [-0.2, 0) is 7.05 Å². The maximum atomic E-state index is 13.6. The summed E-state index contributed by atoms with van der Waals surface area (Å²) in [6.07, 6.45) is 4.20. The van der Waals surface area contributed by atoms with Crippen molar-refractivity contribution in [2.75, 3.05) is 13.1 Å². The number of aryl methyl sites for hydroxylation is 1. The highest BCUT2D eigenvalue weighted by Crippen LogP contribution is 2.32. The third kappa shape index (κ3) is 3.86. The molecule has 0 saturated carbocycles. The Hall–Kier alpha value is -3.21. The zero-order valence-electron chi connectivity index (χ0n) is 16.7. The van der Waals surface area contributed by atoms with Gasteiger partial charge in [-0.25, -0.2) is 4.68 Å². The van der Waals surface area contributed by atoms with Crippen LogP contribution in [0.15, 0.2) is 65.5 Å². The lowest BCUT2D eigenvalue weighted by Crippen LogP contribution is -2.38. The lowest BCUT2D eigenvalue weighted by Gasteiger charge is -2.23. The smallest absolute Gasteiger partial charge is 0.280 e. The SMILES string of the molecule is Cn1nc(-c2ccccc2)c(-c2ccccc2)c(C(=O)N2CCCCCC2)c1=O. The number of aromatic nitrogens is 2. The second-order valence-corrected chi connectivity index (χ2v) is 7.47. The van der Waals surface area contributed by atoms with Gasteiger partial charge in [0.05, 0.1) is 5.69 Å².